The Morgan fingerprint density at radius 2 is 1.94 bits per heavy atom. The predicted octanol–water partition coefficient (Wildman–Crippen LogP) is 2.35. The summed E-state index contributed by atoms with van der Waals surface area (Å²) in [6, 6.07) is 9.83. The van der Waals surface area contributed by atoms with Crippen molar-refractivity contribution in [1.82, 2.24) is 15.0 Å². The number of para-hydroxylation sites is 1. The zero-order valence-electron chi connectivity index (χ0n) is 9.54. The number of pyridine rings is 1. The van der Waals surface area contributed by atoms with E-state index in [0.29, 0.717) is 11.5 Å². The van der Waals surface area contributed by atoms with E-state index in [9.17, 15) is 0 Å². The number of fused-ring (bicyclic) bond motifs is 1. The Morgan fingerprint density at radius 1 is 1.06 bits per heavy atom. The van der Waals surface area contributed by atoms with Crippen molar-refractivity contribution in [3.8, 4) is 0 Å². The molecule has 0 amide bonds. The Bertz CT molecular complexity index is 690. The van der Waals surface area contributed by atoms with Crippen LogP contribution in [0.5, 0.6) is 0 Å². The molecule has 0 aliphatic carbocycles. The highest BCUT2D eigenvalue weighted by atomic mass is 15.0. The van der Waals surface area contributed by atoms with Crippen LogP contribution >= 0.6 is 0 Å². The molecule has 5 heteroatoms. The number of aromatic nitrogens is 3. The molecular formula is C13H11N5. The van der Waals surface area contributed by atoms with E-state index in [2.05, 4.69) is 20.3 Å². The summed E-state index contributed by atoms with van der Waals surface area (Å²) in [4.78, 5) is 12.3. The fourth-order valence-corrected chi connectivity index (χ4v) is 1.78. The van der Waals surface area contributed by atoms with E-state index in [-0.39, 0.29) is 0 Å². The summed E-state index contributed by atoms with van der Waals surface area (Å²) in [6.07, 6.45) is 4.78. The number of nitrogen functional groups attached to an aromatic ring is 1. The van der Waals surface area contributed by atoms with Crippen molar-refractivity contribution in [2.75, 3.05) is 11.1 Å². The highest BCUT2D eigenvalue weighted by Gasteiger charge is 2.04. The number of nitrogens with two attached hydrogens (primary N) is 1. The number of benzene rings is 1. The number of hydrogen-bond donors (Lipinski definition) is 2. The van der Waals surface area contributed by atoms with Crippen LogP contribution < -0.4 is 11.1 Å². The minimum atomic E-state index is 0.505. The third-order valence-electron chi connectivity index (χ3n) is 2.63. The molecule has 1 aromatic carbocycles. The Hall–Kier alpha value is -2.69. The SMILES string of the molecule is Nc1cncnc1Nc1cccc2cccnc12. The summed E-state index contributed by atoms with van der Waals surface area (Å²) in [7, 11) is 0. The second-order valence-corrected chi connectivity index (χ2v) is 3.83. The van der Waals surface area contributed by atoms with Gasteiger partial charge < -0.3 is 11.1 Å². The van der Waals surface area contributed by atoms with Crippen LogP contribution in [-0.4, -0.2) is 15.0 Å². The van der Waals surface area contributed by atoms with Crippen molar-refractivity contribution >= 4 is 28.1 Å². The van der Waals surface area contributed by atoms with Crippen LogP contribution in [0.15, 0.2) is 49.1 Å². The zero-order chi connectivity index (χ0) is 12.4. The van der Waals surface area contributed by atoms with Gasteiger partial charge >= 0.3 is 0 Å². The number of anilines is 3. The Kier molecular flexibility index (Phi) is 2.49. The van der Waals surface area contributed by atoms with E-state index in [4.69, 9.17) is 5.73 Å². The molecule has 0 fully saturated rings. The van der Waals surface area contributed by atoms with Gasteiger partial charge in [0.15, 0.2) is 5.82 Å². The van der Waals surface area contributed by atoms with Crippen molar-refractivity contribution in [3.63, 3.8) is 0 Å². The molecule has 3 N–H and O–H groups in total. The van der Waals surface area contributed by atoms with Crippen LogP contribution in [0.1, 0.15) is 0 Å². The lowest BCUT2D eigenvalue weighted by Crippen LogP contribution is -2.00. The molecule has 2 heterocycles. The highest BCUT2D eigenvalue weighted by Crippen LogP contribution is 2.25. The fraction of sp³-hybridized carbons (Fsp3) is 0. The van der Waals surface area contributed by atoms with E-state index >= 15 is 0 Å². The summed E-state index contributed by atoms with van der Waals surface area (Å²) in [5.74, 6) is 0.586. The normalized spacial score (nSPS) is 10.4. The van der Waals surface area contributed by atoms with E-state index in [1.807, 2.05) is 30.3 Å². The van der Waals surface area contributed by atoms with Crippen molar-refractivity contribution in [3.05, 3.63) is 49.1 Å². The van der Waals surface area contributed by atoms with E-state index < -0.39 is 0 Å². The zero-order valence-corrected chi connectivity index (χ0v) is 9.54. The molecule has 0 atom stereocenters. The molecule has 0 saturated heterocycles. The van der Waals surface area contributed by atoms with Crippen molar-refractivity contribution < 1.29 is 0 Å². The van der Waals surface area contributed by atoms with Crippen molar-refractivity contribution in [2.45, 2.75) is 0 Å². The minimum absolute atomic E-state index is 0.505. The first-order valence-corrected chi connectivity index (χ1v) is 5.51. The van der Waals surface area contributed by atoms with E-state index in [1.165, 1.54) is 6.33 Å². The molecule has 88 valence electrons. The lowest BCUT2D eigenvalue weighted by molar-refractivity contribution is 1.17. The molecule has 0 spiro atoms. The number of nitrogens with one attached hydrogen (secondary N) is 1. The maximum absolute atomic E-state index is 5.80. The van der Waals surface area contributed by atoms with Gasteiger partial charge in [-0.15, -0.1) is 0 Å². The number of rotatable bonds is 2. The fourth-order valence-electron chi connectivity index (χ4n) is 1.78. The second-order valence-electron chi connectivity index (χ2n) is 3.83. The van der Waals surface area contributed by atoms with Gasteiger partial charge in [-0.2, -0.15) is 0 Å². The van der Waals surface area contributed by atoms with Crippen LogP contribution in [0.25, 0.3) is 10.9 Å². The Labute approximate surface area is 104 Å². The van der Waals surface area contributed by atoms with Gasteiger partial charge in [-0.3, -0.25) is 4.98 Å². The molecule has 0 bridgehead atoms. The first kappa shape index (κ1) is 10.5. The largest absolute Gasteiger partial charge is 0.394 e. The van der Waals surface area contributed by atoms with Gasteiger partial charge in [0.1, 0.15) is 6.33 Å². The van der Waals surface area contributed by atoms with Gasteiger partial charge in [0.05, 0.1) is 23.1 Å². The molecule has 0 unspecified atom stereocenters. The summed E-state index contributed by atoms with van der Waals surface area (Å²) < 4.78 is 0. The van der Waals surface area contributed by atoms with Gasteiger partial charge in [0.2, 0.25) is 0 Å². The molecule has 0 saturated carbocycles. The van der Waals surface area contributed by atoms with E-state index in [0.717, 1.165) is 16.6 Å². The predicted molar refractivity (Wildman–Crippen MR) is 71.5 cm³/mol. The van der Waals surface area contributed by atoms with Gasteiger partial charge in [0.25, 0.3) is 0 Å². The molecular weight excluding hydrogens is 226 g/mol. The monoisotopic (exact) mass is 237 g/mol. The topological polar surface area (TPSA) is 76.7 Å². The molecule has 0 aliphatic rings. The average Bonchev–Trinajstić information content (AvgIpc) is 2.42. The Balaban J connectivity index is 2.08. The molecule has 18 heavy (non-hydrogen) atoms. The maximum Gasteiger partial charge on any atom is 0.157 e. The molecule has 3 aromatic rings. The smallest absolute Gasteiger partial charge is 0.157 e. The lowest BCUT2D eigenvalue weighted by Gasteiger charge is -2.09. The van der Waals surface area contributed by atoms with Crippen LogP contribution in [0, 0.1) is 0 Å². The van der Waals surface area contributed by atoms with Crippen molar-refractivity contribution in [2.24, 2.45) is 0 Å². The Morgan fingerprint density at radius 3 is 2.83 bits per heavy atom. The summed E-state index contributed by atoms with van der Waals surface area (Å²) >= 11 is 0. The van der Waals surface area contributed by atoms with Gasteiger partial charge in [-0.05, 0) is 12.1 Å². The van der Waals surface area contributed by atoms with Gasteiger partial charge in [-0.1, -0.05) is 18.2 Å². The minimum Gasteiger partial charge on any atom is -0.394 e. The first-order valence-electron chi connectivity index (χ1n) is 5.51. The average molecular weight is 237 g/mol. The maximum atomic E-state index is 5.80. The summed E-state index contributed by atoms with van der Waals surface area (Å²) in [5.41, 5.74) is 8.07. The lowest BCUT2D eigenvalue weighted by atomic mass is 10.2. The van der Waals surface area contributed by atoms with Gasteiger partial charge in [-0.25, -0.2) is 9.97 Å². The third kappa shape index (κ3) is 1.82. The molecule has 5 nitrogen and oxygen atoms in total. The summed E-state index contributed by atoms with van der Waals surface area (Å²) in [5, 5.41) is 4.24. The molecule has 3 rings (SSSR count). The molecule has 2 aromatic heterocycles. The van der Waals surface area contributed by atoms with Crippen LogP contribution in [0.2, 0.25) is 0 Å². The second kappa shape index (κ2) is 4.29. The first-order chi connectivity index (χ1) is 8.84. The van der Waals surface area contributed by atoms with Gasteiger partial charge in [0, 0.05) is 11.6 Å². The molecule has 0 radical (unpaired) electrons. The highest BCUT2D eigenvalue weighted by molar-refractivity contribution is 5.92. The number of nitrogens with zero attached hydrogens (tertiary/aromatic N) is 3. The third-order valence-corrected chi connectivity index (χ3v) is 2.63. The standard InChI is InChI=1S/C13H11N5/c14-10-7-15-8-17-13(10)18-11-5-1-3-9-4-2-6-16-12(9)11/h1-8H,14H2,(H,15,17,18). The van der Waals surface area contributed by atoms with E-state index in [1.54, 1.807) is 12.4 Å². The van der Waals surface area contributed by atoms with Crippen LogP contribution in [0.4, 0.5) is 17.2 Å². The molecule has 0 aliphatic heterocycles. The summed E-state index contributed by atoms with van der Waals surface area (Å²) in [6.45, 7) is 0. The number of hydrogen-bond acceptors (Lipinski definition) is 5. The van der Waals surface area contributed by atoms with Crippen LogP contribution in [0.3, 0.4) is 0 Å². The van der Waals surface area contributed by atoms with Crippen LogP contribution in [-0.2, 0) is 0 Å². The van der Waals surface area contributed by atoms with Crippen molar-refractivity contribution in [1.29, 1.82) is 0 Å². The quantitative estimate of drug-likeness (QED) is 0.715.